The number of unbranched alkanes of at least 4 members (excludes halogenated alkanes) is 4. The average Bonchev–Trinajstić information content (AvgIpc) is 2.77. The molecule has 1 aliphatic rings. The van der Waals surface area contributed by atoms with E-state index in [-0.39, 0.29) is 0 Å². The predicted octanol–water partition coefficient (Wildman–Crippen LogP) is 6.53. The molecule has 0 saturated heterocycles. The number of hydrogen-bond donors (Lipinski definition) is 0. The van der Waals surface area contributed by atoms with Crippen LogP contribution in [-0.4, -0.2) is 22.7 Å². The molecule has 0 spiro atoms. The van der Waals surface area contributed by atoms with Gasteiger partial charge in [0.1, 0.15) is 5.75 Å². The summed E-state index contributed by atoms with van der Waals surface area (Å²) >= 11 is 0. The fourth-order valence-electron chi connectivity index (χ4n) is 3.94. The first-order chi connectivity index (χ1) is 14.7. The molecule has 0 bridgehead atoms. The lowest BCUT2D eigenvalue weighted by molar-refractivity contribution is 0.0973. The molecule has 0 radical (unpaired) electrons. The van der Waals surface area contributed by atoms with Crippen LogP contribution in [0, 0.1) is 5.92 Å². The van der Waals surface area contributed by atoms with Gasteiger partial charge in [0.15, 0.2) is 5.82 Å². The maximum absolute atomic E-state index is 11.8. The van der Waals surface area contributed by atoms with Gasteiger partial charge in [-0.2, -0.15) is 0 Å². The van der Waals surface area contributed by atoms with E-state index in [1.165, 1.54) is 36.9 Å². The molecule has 5 heteroatoms. The van der Waals surface area contributed by atoms with Crippen LogP contribution in [0.15, 0.2) is 30.5 Å². The molecule has 2 aromatic rings. The first-order valence-corrected chi connectivity index (χ1v) is 11.5. The van der Waals surface area contributed by atoms with Crippen molar-refractivity contribution in [2.45, 2.75) is 78.1 Å². The van der Waals surface area contributed by atoms with Crippen molar-refractivity contribution in [1.82, 2.24) is 9.97 Å². The summed E-state index contributed by atoms with van der Waals surface area (Å²) in [7, 11) is 0. The lowest BCUT2D eigenvalue weighted by Crippen LogP contribution is -2.16. The van der Waals surface area contributed by atoms with Crippen molar-refractivity contribution in [2.24, 2.45) is 5.92 Å². The van der Waals surface area contributed by atoms with E-state index >= 15 is 0 Å². The predicted molar refractivity (Wildman–Crippen MR) is 119 cm³/mol. The Labute approximate surface area is 180 Å². The number of ether oxygens (including phenoxy) is 2. The minimum atomic E-state index is -0.651. The Morgan fingerprint density at radius 2 is 1.87 bits per heavy atom. The standard InChI is InChI=1S/C25H34N2O3/c1-3-5-7-8-16-29-25(28)30-22-13-11-20(12-14-22)24-26-18-21-17-19(9-6-4-2)10-15-23(21)27-24/h11-14,18-19H,3-10,15-17H2,1-2H3. The number of rotatable bonds is 10. The minimum absolute atomic E-state index is 0.402. The molecule has 0 saturated carbocycles. The second-order valence-electron chi connectivity index (χ2n) is 8.20. The molecule has 1 aliphatic carbocycles. The van der Waals surface area contributed by atoms with Crippen LogP contribution >= 0.6 is 0 Å². The molecule has 1 heterocycles. The molecule has 0 aliphatic heterocycles. The summed E-state index contributed by atoms with van der Waals surface area (Å²) in [5.74, 6) is 1.97. The Kier molecular flexibility index (Phi) is 8.66. The van der Waals surface area contributed by atoms with Crippen molar-refractivity contribution in [3.05, 3.63) is 41.7 Å². The molecule has 1 aromatic heterocycles. The molecule has 1 atom stereocenters. The van der Waals surface area contributed by atoms with Gasteiger partial charge in [-0.3, -0.25) is 0 Å². The second-order valence-corrected chi connectivity index (χ2v) is 8.20. The molecular weight excluding hydrogens is 376 g/mol. The highest BCUT2D eigenvalue weighted by Gasteiger charge is 2.20. The van der Waals surface area contributed by atoms with Crippen LogP contribution in [0.5, 0.6) is 5.75 Å². The summed E-state index contributed by atoms with van der Waals surface area (Å²) in [5, 5.41) is 0. The van der Waals surface area contributed by atoms with E-state index in [2.05, 4.69) is 18.8 Å². The highest BCUT2D eigenvalue weighted by atomic mass is 16.7. The Hall–Kier alpha value is -2.43. The quantitative estimate of drug-likeness (QED) is 0.253. The van der Waals surface area contributed by atoms with E-state index in [9.17, 15) is 4.79 Å². The SMILES string of the molecule is CCCCCCOC(=O)Oc1ccc(-c2ncc3c(n2)CCC(CCCC)C3)cc1. The Balaban J connectivity index is 1.53. The summed E-state index contributed by atoms with van der Waals surface area (Å²) < 4.78 is 10.4. The topological polar surface area (TPSA) is 61.3 Å². The summed E-state index contributed by atoms with van der Waals surface area (Å²) in [6.45, 7) is 4.80. The number of aromatic nitrogens is 2. The molecule has 1 unspecified atom stereocenters. The van der Waals surface area contributed by atoms with Gasteiger partial charge in [-0.1, -0.05) is 52.4 Å². The third-order valence-corrected chi connectivity index (χ3v) is 5.75. The zero-order chi connectivity index (χ0) is 21.2. The third-order valence-electron chi connectivity index (χ3n) is 5.75. The fraction of sp³-hybridized carbons (Fsp3) is 0.560. The van der Waals surface area contributed by atoms with Crippen molar-refractivity contribution < 1.29 is 14.3 Å². The van der Waals surface area contributed by atoms with E-state index in [1.54, 1.807) is 12.1 Å². The summed E-state index contributed by atoms with van der Waals surface area (Å²) in [6, 6.07) is 7.30. The van der Waals surface area contributed by atoms with Crippen LogP contribution in [-0.2, 0) is 17.6 Å². The van der Waals surface area contributed by atoms with Crippen molar-refractivity contribution in [2.75, 3.05) is 6.61 Å². The smallest absolute Gasteiger partial charge is 0.434 e. The lowest BCUT2D eigenvalue weighted by Gasteiger charge is -2.23. The van der Waals surface area contributed by atoms with Crippen molar-refractivity contribution in [3.8, 4) is 17.1 Å². The van der Waals surface area contributed by atoms with Gasteiger partial charge in [-0.15, -0.1) is 0 Å². The largest absolute Gasteiger partial charge is 0.513 e. The molecule has 0 amide bonds. The van der Waals surface area contributed by atoms with Crippen LogP contribution in [0.4, 0.5) is 4.79 Å². The van der Waals surface area contributed by atoms with Crippen molar-refractivity contribution in [3.63, 3.8) is 0 Å². The van der Waals surface area contributed by atoms with Gasteiger partial charge in [-0.05, 0) is 61.4 Å². The molecule has 3 rings (SSSR count). The van der Waals surface area contributed by atoms with Gasteiger partial charge in [0.05, 0.1) is 6.61 Å². The Morgan fingerprint density at radius 3 is 2.63 bits per heavy atom. The summed E-state index contributed by atoms with van der Waals surface area (Å²) in [4.78, 5) is 21.2. The molecule has 162 valence electrons. The van der Waals surface area contributed by atoms with Crippen LogP contribution < -0.4 is 4.74 Å². The average molecular weight is 411 g/mol. The van der Waals surface area contributed by atoms with Gasteiger partial charge < -0.3 is 9.47 Å². The summed E-state index contributed by atoms with van der Waals surface area (Å²) in [5.41, 5.74) is 3.40. The van der Waals surface area contributed by atoms with Gasteiger partial charge in [0, 0.05) is 17.5 Å². The molecule has 30 heavy (non-hydrogen) atoms. The number of benzene rings is 1. The zero-order valence-corrected chi connectivity index (χ0v) is 18.4. The van der Waals surface area contributed by atoms with Gasteiger partial charge in [0.25, 0.3) is 0 Å². The van der Waals surface area contributed by atoms with E-state index in [0.717, 1.165) is 55.8 Å². The number of nitrogens with zero attached hydrogens (tertiary/aromatic N) is 2. The fourth-order valence-corrected chi connectivity index (χ4v) is 3.94. The number of carbonyl (C=O) groups excluding carboxylic acids is 1. The second kappa shape index (κ2) is 11.7. The number of fused-ring (bicyclic) bond motifs is 1. The molecule has 5 nitrogen and oxygen atoms in total. The minimum Gasteiger partial charge on any atom is -0.434 e. The highest BCUT2D eigenvalue weighted by Crippen LogP contribution is 2.29. The van der Waals surface area contributed by atoms with Gasteiger partial charge in [-0.25, -0.2) is 14.8 Å². The number of carbonyl (C=O) groups is 1. The highest BCUT2D eigenvalue weighted by molar-refractivity contribution is 5.65. The van der Waals surface area contributed by atoms with Gasteiger partial charge in [0.2, 0.25) is 0 Å². The van der Waals surface area contributed by atoms with Crippen LogP contribution in [0.25, 0.3) is 11.4 Å². The van der Waals surface area contributed by atoms with Crippen LogP contribution in [0.2, 0.25) is 0 Å². The van der Waals surface area contributed by atoms with Crippen LogP contribution in [0.1, 0.15) is 76.5 Å². The first kappa shape index (κ1) is 22.3. The number of hydrogen-bond acceptors (Lipinski definition) is 5. The lowest BCUT2D eigenvalue weighted by atomic mass is 9.84. The monoisotopic (exact) mass is 410 g/mol. The molecule has 0 N–H and O–H groups in total. The number of aryl methyl sites for hydroxylation is 1. The zero-order valence-electron chi connectivity index (χ0n) is 18.4. The van der Waals surface area contributed by atoms with E-state index in [4.69, 9.17) is 14.5 Å². The van der Waals surface area contributed by atoms with E-state index < -0.39 is 6.16 Å². The Bertz CT molecular complexity index is 805. The first-order valence-electron chi connectivity index (χ1n) is 11.5. The van der Waals surface area contributed by atoms with Crippen LogP contribution in [0.3, 0.4) is 0 Å². The van der Waals surface area contributed by atoms with Crippen molar-refractivity contribution in [1.29, 1.82) is 0 Å². The third kappa shape index (κ3) is 6.54. The molecule has 1 aromatic carbocycles. The summed E-state index contributed by atoms with van der Waals surface area (Å²) in [6.07, 6.45) is 12.8. The maximum Gasteiger partial charge on any atom is 0.513 e. The molecule has 0 fully saturated rings. The Morgan fingerprint density at radius 1 is 1.07 bits per heavy atom. The van der Waals surface area contributed by atoms with E-state index in [1.807, 2.05) is 18.3 Å². The van der Waals surface area contributed by atoms with Gasteiger partial charge >= 0.3 is 6.16 Å². The van der Waals surface area contributed by atoms with E-state index in [0.29, 0.717) is 12.4 Å². The maximum atomic E-state index is 11.8. The van der Waals surface area contributed by atoms with Crippen molar-refractivity contribution >= 4 is 6.16 Å². The molecular formula is C25H34N2O3. The normalized spacial score (nSPS) is 15.5.